The van der Waals surface area contributed by atoms with Crippen molar-refractivity contribution in [2.75, 3.05) is 0 Å². The molecule has 13 heavy (non-hydrogen) atoms. The highest BCUT2D eigenvalue weighted by Crippen LogP contribution is 2.19. The van der Waals surface area contributed by atoms with Crippen LogP contribution in [0.5, 0.6) is 5.75 Å². The molecule has 0 atom stereocenters. The zero-order valence-electron chi connectivity index (χ0n) is 7.74. The summed E-state index contributed by atoms with van der Waals surface area (Å²) in [7, 11) is 0. The molecule has 0 spiro atoms. The third-order valence-electron chi connectivity index (χ3n) is 1.76. The molecule has 0 bridgehead atoms. The Morgan fingerprint density at radius 3 is 2.69 bits per heavy atom. The minimum Gasteiger partial charge on any atom is -0.507 e. The summed E-state index contributed by atoms with van der Waals surface area (Å²) in [6.45, 7) is 3.34. The molecule has 68 valence electrons. The van der Waals surface area contributed by atoms with Crippen LogP contribution < -0.4 is 0 Å². The third-order valence-corrected chi connectivity index (χ3v) is 1.76. The van der Waals surface area contributed by atoms with Gasteiger partial charge in [0.05, 0.1) is 5.56 Å². The molecule has 2 nitrogen and oxygen atoms in total. The maximum Gasteiger partial charge on any atom is 0.163 e. The average Bonchev–Trinajstić information content (AvgIpc) is 2.08. The van der Waals surface area contributed by atoms with E-state index in [2.05, 4.69) is 0 Å². The first kappa shape index (κ1) is 9.52. The maximum absolute atomic E-state index is 11.0. The lowest BCUT2D eigenvalue weighted by molar-refractivity contribution is 0.101. The highest BCUT2D eigenvalue weighted by molar-refractivity contribution is 5.97. The summed E-state index contributed by atoms with van der Waals surface area (Å²) in [5.74, 6) is -0.0791. The Kier molecular flexibility index (Phi) is 2.85. The van der Waals surface area contributed by atoms with Crippen molar-refractivity contribution in [2.45, 2.75) is 13.8 Å². The van der Waals surface area contributed by atoms with E-state index in [1.807, 2.05) is 19.1 Å². The SMILES string of the molecule is C/C=C/c1ccc(O)c(C(C)=O)c1. The molecule has 2 heteroatoms. The lowest BCUT2D eigenvalue weighted by Crippen LogP contribution is -1.92. The summed E-state index contributed by atoms with van der Waals surface area (Å²) in [6, 6.07) is 4.98. The van der Waals surface area contributed by atoms with Crippen LogP contribution in [0, 0.1) is 0 Å². The number of carbonyl (C=O) groups is 1. The van der Waals surface area contributed by atoms with Gasteiger partial charge in [0.1, 0.15) is 5.75 Å². The number of Topliss-reactive ketones (excluding diaryl/α,β-unsaturated/α-hetero) is 1. The van der Waals surface area contributed by atoms with Gasteiger partial charge in [-0.2, -0.15) is 0 Å². The number of hydrogen-bond donors (Lipinski definition) is 1. The molecule has 0 unspecified atom stereocenters. The number of benzene rings is 1. The van der Waals surface area contributed by atoms with Gasteiger partial charge in [-0.1, -0.05) is 18.2 Å². The zero-order valence-corrected chi connectivity index (χ0v) is 7.74. The van der Waals surface area contributed by atoms with Crippen molar-refractivity contribution in [1.82, 2.24) is 0 Å². The second kappa shape index (κ2) is 3.90. The second-order valence-corrected chi connectivity index (χ2v) is 2.83. The molecule has 0 saturated heterocycles. The van der Waals surface area contributed by atoms with Gasteiger partial charge < -0.3 is 5.11 Å². The lowest BCUT2D eigenvalue weighted by atomic mass is 10.1. The Balaban J connectivity index is 3.18. The fourth-order valence-electron chi connectivity index (χ4n) is 1.13. The Morgan fingerprint density at radius 2 is 2.15 bits per heavy atom. The van der Waals surface area contributed by atoms with Crippen LogP contribution in [-0.2, 0) is 0 Å². The fourth-order valence-corrected chi connectivity index (χ4v) is 1.13. The standard InChI is InChI=1S/C11H12O2/c1-3-4-9-5-6-11(13)10(7-9)8(2)12/h3-7,13H,1-2H3/b4-3+. The Hall–Kier alpha value is -1.57. The van der Waals surface area contributed by atoms with Crippen LogP contribution in [0.2, 0.25) is 0 Å². The van der Waals surface area contributed by atoms with Gasteiger partial charge in [-0.15, -0.1) is 0 Å². The van der Waals surface area contributed by atoms with Gasteiger partial charge in [0.15, 0.2) is 5.78 Å². The van der Waals surface area contributed by atoms with Crippen LogP contribution in [0.4, 0.5) is 0 Å². The molecule has 0 aliphatic rings. The van der Waals surface area contributed by atoms with E-state index in [4.69, 9.17) is 0 Å². The van der Waals surface area contributed by atoms with Crippen LogP contribution in [0.3, 0.4) is 0 Å². The molecule has 1 aromatic rings. The first-order valence-corrected chi connectivity index (χ1v) is 4.12. The van der Waals surface area contributed by atoms with E-state index in [0.717, 1.165) is 5.56 Å². The summed E-state index contributed by atoms with van der Waals surface area (Å²) in [6.07, 6.45) is 3.77. The number of rotatable bonds is 2. The first-order valence-electron chi connectivity index (χ1n) is 4.12. The molecular weight excluding hydrogens is 164 g/mol. The lowest BCUT2D eigenvalue weighted by Gasteiger charge is -2.01. The van der Waals surface area contributed by atoms with Crippen LogP contribution in [0.15, 0.2) is 24.3 Å². The van der Waals surface area contributed by atoms with Gasteiger partial charge in [-0.25, -0.2) is 0 Å². The van der Waals surface area contributed by atoms with Crippen molar-refractivity contribution < 1.29 is 9.90 Å². The van der Waals surface area contributed by atoms with E-state index in [9.17, 15) is 9.90 Å². The van der Waals surface area contributed by atoms with Crippen molar-refractivity contribution >= 4 is 11.9 Å². The predicted molar refractivity (Wildman–Crippen MR) is 52.8 cm³/mol. The molecule has 1 rings (SSSR count). The van der Waals surface area contributed by atoms with Gasteiger partial charge in [0, 0.05) is 0 Å². The molecular formula is C11H12O2. The molecule has 0 saturated carbocycles. The number of ketones is 1. The molecule has 0 heterocycles. The van der Waals surface area contributed by atoms with Crippen molar-refractivity contribution in [3.63, 3.8) is 0 Å². The molecule has 0 aliphatic heterocycles. The zero-order chi connectivity index (χ0) is 9.84. The molecule has 0 aliphatic carbocycles. The van der Waals surface area contributed by atoms with Crippen LogP contribution in [0.1, 0.15) is 29.8 Å². The Bertz CT molecular complexity index is 351. The summed E-state index contributed by atoms with van der Waals surface area (Å²) < 4.78 is 0. The molecule has 0 aromatic heterocycles. The van der Waals surface area contributed by atoms with E-state index >= 15 is 0 Å². The summed E-state index contributed by atoms with van der Waals surface area (Å²) >= 11 is 0. The fraction of sp³-hybridized carbons (Fsp3) is 0.182. The van der Waals surface area contributed by atoms with Crippen LogP contribution >= 0.6 is 0 Å². The van der Waals surface area contributed by atoms with E-state index < -0.39 is 0 Å². The number of hydrogen-bond acceptors (Lipinski definition) is 2. The number of allylic oxidation sites excluding steroid dienone is 1. The molecule has 0 fully saturated rings. The van der Waals surface area contributed by atoms with Gasteiger partial charge >= 0.3 is 0 Å². The number of aromatic hydroxyl groups is 1. The largest absolute Gasteiger partial charge is 0.507 e. The van der Waals surface area contributed by atoms with E-state index in [1.165, 1.54) is 13.0 Å². The van der Waals surface area contributed by atoms with Crippen molar-refractivity contribution in [3.8, 4) is 5.75 Å². The quantitative estimate of drug-likeness (QED) is 0.703. The molecule has 1 N–H and O–H groups in total. The minimum atomic E-state index is -0.121. The van der Waals surface area contributed by atoms with Crippen LogP contribution in [0.25, 0.3) is 6.08 Å². The average molecular weight is 176 g/mol. The van der Waals surface area contributed by atoms with E-state index in [1.54, 1.807) is 12.1 Å². The topological polar surface area (TPSA) is 37.3 Å². The second-order valence-electron chi connectivity index (χ2n) is 2.83. The smallest absolute Gasteiger partial charge is 0.163 e. The van der Waals surface area contributed by atoms with E-state index in [-0.39, 0.29) is 11.5 Å². The van der Waals surface area contributed by atoms with Gasteiger partial charge in [-0.3, -0.25) is 4.79 Å². The third kappa shape index (κ3) is 2.18. The summed E-state index contributed by atoms with van der Waals surface area (Å²) in [5.41, 5.74) is 1.29. The molecule has 1 aromatic carbocycles. The van der Waals surface area contributed by atoms with Crippen molar-refractivity contribution in [2.24, 2.45) is 0 Å². The summed E-state index contributed by atoms with van der Waals surface area (Å²) in [4.78, 5) is 11.0. The van der Waals surface area contributed by atoms with Gasteiger partial charge in [0.25, 0.3) is 0 Å². The predicted octanol–water partition coefficient (Wildman–Crippen LogP) is 2.63. The normalized spacial score (nSPS) is 10.6. The highest BCUT2D eigenvalue weighted by Gasteiger charge is 2.05. The summed E-state index contributed by atoms with van der Waals surface area (Å²) in [5, 5.41) is 9.33. The van der Waals surface area contributed by atoms with Gasteiger partial charge in [-0.05, 0) is 31.5 Å². The van der Waals surface area contributed by atoms with Crippen molar-refractivity contribution in [3.05, 3.63) is 35.4 Å². The highest BCUT2D eigenvalue weighted by atomic mass is 16.3. The number of phenols is 1. The molecule has 0 amide bonds. The van der Waals surface area contributed by atoms with Crippen molar-refractivity contribution in [1.29, 1.82) is 0 Å². The molecule has 0 radical (unpaired) electrons. The van der Waals surface area contributed by atoms with Crippen LogP contribution in [-0.4, -0.2) is 10.9 Å². The monoisotopic (exact) mass is 176 g/mol. The number of carbonyl (C=O) groups excluding carboxylic acids is 1. The minimum absolute atomic E-state index is 0.0424. The van der Waals surface area contributed by atoms with E-state index in [0.29, 0.717) is 5.56 Å². The number of phenolic OH excluding ortho intramolecular Hbond substituents is 1. The first-order chi connectivity index (χ1) is 6.15. The van der Waals surface area contributed by atoms with Gasteiger partial charge in [0.2, 0.25) is 0 Å². The Labute approximate surface area is 77.5 Å². The Morgan fingerprint density at radius 1 is 1.46 bits per heavy atom. The maximum atomic E-state index is 11.0.